The van der Waals surface area contributed by atoms with Crippen molar-refractivity contribution in [2.45, 2.75) is 38.1 Å². The molecule has 0 radical (unpaired) electrons. The molecular formula is C26H27ClN4O3S2. The second-order valence-electron chi connectivity index (χ2n) is 8.26. The summed E-state index contributed by atoms with van der Waals surface area (Å²) in [6, 6.07) is 15.3. The fourth-order valence-corrected chi connectivity index (χ4v) is 6.73. The number of hydrogen-bond donors (Lipinski definition) is 0. The van der Waals surface area contributed by atoms with E-state index in [0.29, 0.717) is 34.3 Å². The lowest BCUT2D eigenvalue weighted by atomic mass is 10.2. The van der Waals surface area contributed by atoms with Gasteiger partial charge in [-0.15, -0.1) is 0 Å². The van der Waals surface area contributed by atoms with E-state index in [1.807, 2.05) is 38.1 Å². The van der Waals surface area contributed by atoms with Crippen LogP contribution in [0, 0.1) is 0 Å². The van der Waals surface area contributed by atoms with Crippen LogP contribution in [0.15, 0.2) is 71.9 Å². The number of pyridine rings is 1. The van der Waals surface area contributed by atoms with E-state index in [0.717, 1.165) is 23.1 Å². The third kappa shape index (κ3) is 5.59. The second-order valence-corrected chi connectivity index (χ2v) is 11.6. The zero-order chi connectivity index (χ0) is 25.7. The smallest absolute Gasteiger partial charge is 0.260 e. The van der Waals surface area contributed by atoms with Crippen molar-refractivity contribution >= 4 is 54.2 Å². The molecular weight excluding hydrogens is 516 g/mol. The van der Waals surface area contributed by atoms with Crippen LogP contribution in [0.5, 0.6) is 0 Å². The summed E-state index contributed by atoms with van der Waals surface area (Å²) in [6.07, 6.45) is 4.83. The molecule has 0 N–H and O–H groups in total. The fraction of sp³-hybridized carbons (Fsp3) is 0.269. The van der Waals surface area contributed by atoms with Crippen LogP contribution in [0.4, 0.5) is 5.13 Å². The third-order valence-electron chi connectivity index (χ3n) is 5.58. The summed E-state index contributed by atoms with van der Waals surface area (Å²) in [5.74, 6) is -0.294. The molecule has 4 aromatic rings. The van der Waals surface area contributed by atoms with Crippen LogP contribution in [0.25, 0.3) is 10.2 Å². The molecule has 188 valence electrons. The van der Waals surface area contributed by atoms with E-state index >= 15 is 0 Å². The Morgan fingerprint density at radius 2 is 1.72 bits per heavy atom. The van der Waals surface area contributed by atoms with Crippen molar-refractivity contribution < 1.29 is 13.2 Å². The zero-order valence-electron chi connectivity index (χ0n) is 20.1. The van der Waals surface area contributed by atoms with Crippen LogP contribution in [-0.4, -0.2) is 41.7 Å². The number of thiazole rings is 1. The Balaban J connectivity index is 1.68. The summed E-state index contributed by atoms with van der Waals surface area (Å²) >= 11 is 7.70. The van der Waals surface area contributed by atoms with Crippen molar-refractivity contribution in [3.05, 3.63) is 83.1 Å². The number of nitrogens with zero attached hydrogens (tertiary/aromatic N) is 4. The van der Waals surface area contributed by atoms with Gasteiger partial charge in [-0.05, 0) is 60.9 Å². The molecule has 0 atom stereocenters. The molecule has 2 heterocycles. The quantitative estimate of drug-likeness (QED) is 0.245. The van der Waals surface area contributed by atoms with Gasteiger partial charge in [0.15, 0.2) is 5.13 Å². The summed E-state index contributed by atoms with van der Waals surface area (Å²) in [5, 5.41) is 1.02. The number of benzene rings is 2. The predicted octanol–water partition coefficient (Wildman–Crippen LogP) is 6.00. The number of amides is 1. The molecule has 0 spiro atoms. The Kier molecular flexibility index (Phi) is 8.35. The summed E-state index contributed by atoms with van der Waals surface area (Å²) in [4.78, 5) is 24.2. The number of para-hydroxylation sites is 1. The lowest BCUT2D eigenvalue weighted by Gasteiger charge is -2.22. The van der Waals surface area contributed by atoms with Gasteiger partial charge >= 0.3 is 0 Å². The molecule has 36 heavy (non-hydrogen) atoms. The highest BCUT2D eigenvalue weighted by Crippen LogP contribution is 2.34. The molecule has 0 unspecified atom stereocenters. The Labute approximate surface area is 220 Å². The van der Waals surface area contributed by atoms with Crippen LogP contribution in [0.2, 0.25) is 5.02 Å². The lowest BCUT2D eigenvalue weighted by molar-refractivity contribution is 0.0985. The number of carbonyl (C=O) groups is 1. The molecule has 0 saturated carbocycles. The molecule has 10 heteroatoms. The minimum Gasteiger partial charge on any atom is -0.279 e. The maximum Gasteiger partial charge on any atom is 0.260 e. The predicted molar refractivity (Wildman–Crippen MR) is 145 cm³/mol. The maximum absolute atomic E-state index is 13.7. The molecule has 0 fully saturated rings. The molecule has 0 saturated heterocycles. The van der Waals surface area contributed by atoms with Crippen molar-refractivity contribution in [2.24, 2.45) is 0 Å². The standard InChI is InChI=1S/C26H27ClN4O3S2/c1-3-15-30(16-4-2)36(33,34)21-12-10-20(11-13-21)25(32)31(18-19-7-6-14-28-17-19)26-29-24-22(27)8-5-9-23(24)35-26/h5-14,17H,3-4,15-16,18H2,1-2H3. The highest BCUT2D eigenvalue weighted by molar-refractivity contribution is 7.89. The first kappa shape index (κ1) is 26.2. The maximum atomic E-state index is 13.7. The SMILES string of the molecule is CCCN(CCC)S(=O)(=O)c1ccc(C(=O)N(Cc2cccnc2)c2nc3c(Cl)cccc3s2)cc1. The molecule has 0 aliphatic heterocycles. The number of hydrogen-bond acceptors (Lipinski definition) is 6. The first-order valence-corrected chi connectivity index (χ1v) is 14.3. The van der Waals surface area contributed by atoms with E-state index in [-0.39, 0.29) is 17.3 Å². The molecule has 1 amide bonds. The van der Waals surface area contributed by atoms with Crippen LogP contribution in [0.1, 0.15) is 42.6 Å². The fourth-order valence-electron chi connectivity index (χ4n) is 3.84. The molecule has 2 aromatic heterocycles. The largest absolute Gasteiger partial charge is 0.279 e. The van der Waals surface area contributed by atoms with Gasteiger partial charge in [-0.3, -0.25) is 14.7 Å². The van der Waals surface area contributed by atoms with E-state index in [1.165, 1.54) is 27.8 Å². The zero-order valence-corrected chi connectivity index (χ0v) is 22.5. The third-order valence-corrected chi connectivity index (χ3v) is 8.84. The van der Waals surface area contributed by atoms with Crippen LogP contribution >= 0.6 is 22.9 Å². The molecule has 4 rings (SSSR count). The number of halogens is 1. The average Bonchev–Trinajstić information content (AvgIpc) is 3.33. The van der Waals surface area contributed by atoms with Crippen molar-refractivity contribution in [2.75, 3.05) is 18.0 Å². The van der Waals surface area contributed by atoms with Crippen molar-refractivity contribution in [3.8, 4) is 0 Å². The van der Waals surface area contributed by atoms with Gasteiger partial charge in [0.05, 0.1) is 21.2 Å². The summed E-state index contributed by atoms with van der Waals surface area (Å²) in [6.45, 7) is 5.06. The Morgan fingerprint density at radius 3 is 2.33 bits per heavy atom. The minimum atomic E-state index is -3.64. The average molecular weight is 543 g/mol. The number of carbonyl (C=O) groups excluding carboxylic acids is 1. The van der Waals surface area contributed by atoms with E-state index in [9.17, 15) is 13.2 Å². The van der Waals surface area contributed by atoms with Gasteiger partial charge < -0.3 is 0 Å². The summed E-state index contributed by atoms with van der Waals surface area (Å²) < 4.78 is 28.6. The second kappa shape index (κ2) is 11.5. The number of rotatable bonds is 10. The van der Waals surface area contributed by atoms with Gasteiger partial charge in [0, 0.05) is 31.0 Å². The van der Waals surface area contributed by atoms with E-state index in [2.05, 4.69) is 9.97 Å². The molecule has 0 aliphatic rings. The lowest BCUT2D eigenvalue weighted by Crippen LogP contribution is -2.33. The number of aromatic nitrogens is 2. The molecule has 0 aliphatic carbocycles. The first-order valence-electron chi connectivity index (χ1n) is 11.7. The number of fused-ring (bicyclic) bond motifs is 1. The monoisotopic (exact) mass is 542 g/mol. The highest BCUT2D eigenvalue weighted by atomic mass is 35.5. The van der Waals surface area contributed by atoms with Crippen LogP contribution < -0.4 is 4.90 Å². The van der Waals surface area contributed by atoms with E-state index < -0.39 is 10.0 Å². The Morgan fingerprint density at radius 1 is 1.00 bits per heavy atom. The Hall–Kier alpha value is -2.85. The van der Waals surface area contributed by atoms with Gasteiger partial charge in [-0.2, -0.15) is 4.31 Å². The summed E-state index contributed by atoms with van der Waals surface area (Å²) in [5.41, 5.74) is 1.84. The van der Waals surface area contributed by atoms with Gasteiger partial charge in [0.25, 0.3) is 5.91 Å². The van der Waals surface area contributed by atoms with E-state index in [4.69, 9.17) is 11.6 Å². The van der Waals surface area contributed by atoms with Gasteiger partial charge in [0.2, 0.25) is 10.0 Å². The first-order chi connectivity index (χ1) is 17.3. The van der Waals surface area contributed by atoms with Crippen molar-refractivity contribution in [3.63, 3.8) is 0 Å². The molecule has 7 nitrogen and oxygen atoms in total. The number of sulfonamides is 1. The van der Waals surface area contributed by atoms with Crippen molar-refractivity contribution in [1.29, 1.82) is 0 Å². The van der Waals surface area contributed by atoms with Crippen LogP contribution in [0.3, 0.4) is 0 Å². The summed E-state index contributed by atoms with van der Waals surface area (Å²) in [7, 11) is -3.64. The van der Waals surface area contributed by atoms with Gasteiger partial charge in [-0.1, -0.05) is 48.9 Å². The van der Waals surface area contributed by atoms with Gasteiger partial charge in [0.1, 0.15) is 5.52 Å². The minimum absolute atomic E-state index is 0.173. The normalized spacial score (nSPS) is 11.8. The van der Waals surface area contributed by atoms with Crippen LogP contribution in [-0.2, 0) is 16.6 Å². The molecule has 0 bridgehead atoms. The highest BCUT2D eigenvalue weighted by Gasteiger charge is 2.26. The van der Waals surface area contributed by atoms with Gasteiger partial charge in [-0.25, -0.2) is 13.4 Å². The number of anilines is 1. The molecule has 2 aromatic carbocycles. The Bertz CT molecular complexity index is 1440. The van der Waals surface area contributed by atoms with Crippen molar-refractivity contribution in [1.82, 2.24) is 14.3 Å². The topological polar surface area (TPSA) is 83.5 Å². The van der Waals surface area contributed by atoms with E-state index in [1.54, 1.807) is 35.5 Å².